The van der Waals surface area contributed by atoms with Gasteiger partial charge in [-0.2, -0.15) is 4.98 Å². The van der Waals surface area contributed by atoms with E-state index in [1.165, 1.54) is 11.1 Å². The maximum absolute atomic E-state index is 5.77. The molecule has 1 aromatic heterocycles. The van der Waals surface area contributed by atoms with Gasteiger partial charge in [-0.1, -0.05) is 31.2 Å². The highest BCUT2D eigenvalue weighted by Crippen LogP contribution is 2.29. The van der Waals surface area contributed by atoms with Gasteiger partial charge < -0.3 is 9.73 Å². The number of rotatable bonds is 3. The first-order chi connectivity index (χ1) is 10.8. The van der Waals surface area contributed by atoms with Gasteiger partial charge in [0.25, 0.3) is 6.01 Å². The summed E-state index contributed by atoms with van der Waals surface area (Å²) in [6.07, 6.45) is 1.06. The second kappa shape index (κ2) is 5.46. The molecule has 22 heavy (non-hydrogen) atoms. The number of hydrogen-bond acceptors (Lipinski definition) is 4. The molecule has 2 aromatic carbocycles. The number of oxazole rings is 1. The van der Waals surface area contributed by atoms with Gasteiger partial charge in [-0.15, -0.1) is 0 Å². The van der Waals surface area contributed by atoms with E-state index < -0.39 is 0 Å². The molecule has 4 rings (SSSR count). The fourth-order valence-corrected chi connectivity index (χ4v) is 3.10. The van der Waals surface area contributed by atoms with Gasteiger partial charge in [0.05, 0.1) is 0 Å². The number of aromatic nitrogens is 1. The average molecular weight is 293 g/mol. The summed E-state index contributed by atoms with van der Waals surface area (Å²) in [7, 11) is 0. The number of likely N-dealkylation sites (N-methyl/N-ethyl adjacent to an activating group) is 1. The summed E-state index contributed by atoms with van der Waals surface area (Å²) in [5.41, 5.74) is 5.59. The van der Waals surface area contributed by atoms with E-state index in [-0.39, 0.29) is 0 Å². The van der Waals surface area contributed by atoms with Crippen LogP contribution in [0.25, 0.3) is 11.1 Å². The summed E-state index contributed by atoms with van der Waals surface area (Å²) in [5, 5.41) is 3.36. The predicted molar refractivity (Wildman–Crippen MR) is 88.4 cm³/mol. The lowest BCUT2D eigenvalue weighted by Crippen LogP contribution is -2.30. The van der Waals surface area contributed by atoms with Crippen LogP contribution in [-0.4, -0.2) is 23.0 Å². The van der Waals surface area contributed by atoms with E-state index in [0.29, 0.717) is 6.01 Å². The molecule has 112 valence electrons. The lowest BCUT2D eigenvalue weighted by molar-refractivity contribution is 0.268. The number of anilines is 2. The zero-order valence-corrected chi connectivity index (χ0v) is 12.7. The van der Waals surface area contributed by atoms with Crippen LogP contribution in [0.1, 0.15) is 18.1 Å². The molecule has 0 spiro atoms. The number of fused-ring (bicyclic) bond motifs is 2. The van der Waals surface area contributed by atoms with Crippen molar-refractivity contribution in [2.75, 3.05) is 18.4 Å². The van der Waals surface area contributed by atoms with Crippen molar-refractivity contribution in [2.24, 2.45) is 0 Å². The van der Waals surface area contributed by atoms with Crippen LogP contribution in [0.5, 0.6) is 0 Å². The molecule has 4 nitrogen and oxygen atoms in total. The molecule has 2 heterocycles. The SMILES string of the molecule is CCN1CCc2c(cccc2Nc2nc3ccccc3o2)C1. The molecule has 0 saturated heterocycles. The zero-order chi connectivity index (χ0) is 14.9. The summed E-state index contributed by atoms with van der Waals surface area (Å²) >= 11 is 0. The Bertz CT molecular complexity index is 776. The lowest BCUT2D eigenvalue weighted by atomic mass is 9.98. The average Bonchev–Trinajstić information content (AvgIpc) is 2.97. The molecule has 0 unspecified atom stereocenters. The van der Waals surface area contributed by atoms with Gasteiger partial charge in [-0.25, -0.2) is 0 Å². The van der Waals surface area contributed by atoms with Gasteiger partial charge in [0, 0.05) is 18.8 Å². The zero-order valence-electron chi connectivity index (χ0n) is 12.7. The molecular formula is C18H19N3O. The molecule has 0 fully saturated rings. The normalized spacial score (nSPS) is 15.0. The van der Waals surface area contributed by atoms with E-state index in [4.69, 9.17) is 4.42 Å². The van der Waals surface area contributed by atoms with Crippen LogP contribution in [0.15, 0.2) is 46.9 Å². The second-order valence-electron chi connectivity index (χ2n) is 5.67. The maximum Gasteiger partial charge on any atom is 0.300 e. The molecular weight excluding hydrogens is 274 g/mol. The number of nitrogens with one attached hydrogen (secondary N) is 1. The van der Waals surface area contributed by atoms with Crippen molar-refractivity contribution >= 4 is 22.8 Å². The maximum atomic E-state index is 5.77. The van der Waals surface area contributed by atoms with Gasteiger partial charge >= 0.3 is 0 Å². The van der Waals surface area contributed by atoms with Gasteiger partial charge in [-0.05, 0) is 42.3 Å². The Morgan fingerprint density at radius 1 is 1.18 bits per heavy atom. The lowest BCUT2D eigenvalue weighted by Gasteiger charge is -2.28. The summed E-state index contributed by atoms with van der Waals surface area (Å²) in [5.74, 6) is 0. The highest BCUT2D eigenvalue weighted by Gasteiger charge is 2.18. The first kappa shape index (κ1) is 13.3. The Morgan fingerprint density at radius 3 is 2.95 bits per heavy atom. The summed E-state index contributed by atoms with van der Waals surface area (Å²) in [6.45, 7) is 5.44. The minimum Gasteiger partial charge on any atom is -0.423 e. The van der Waals surface area contributed by atoms with Crippen molar-refractivity contribution in [3.63, 3.8) is 0 Å². The van der Waals surface area contributed by atoms with Crippen LogP contribution >= 0.6 is 0 Å². The van der Waals surface area contributed by atoms with E-state index in [2.05, 4.69) is 40.3 Å². The molecule has 3 aromatic rings. The number of nitrogens with zero attached hydrogens (tertiary/aromatic N) is 2. The highest BCUT2D eigenvalue weighted by atomic mass is 16.4. The van der Waals surface area contributed by atoms with Crippen LogP contribution in [0, 0.1) is 0 Å². The molecule has 0 bridgehead atoms. The first-order valence-corrected chi connectivity index (χ1v) is 7.79. The van der Waals surface area contributed by atoms with E-state index in [9.17, 15) is 0 Å². The fourth-order valence-electron chi connectivity index (χ4n) is 3.10. The minimum absolute atomic E-state index is 0.563. The Labute approximate surface area is 129 Å². The summed E-state index contributed by atoms with van der Waals surface area (Å²) in [6, 6.07) is 14.8. The summed E-state index contributed by atoms with van der Waals surface area (Å²) < 4.78 is 5.77. The molecule has 0 radical (unpaired) electrons. The molecule has 4 heteroatoms. The van der Waals surface area contributed by atoms with E-state index in [0.717, 1.165) is 42.8 Å². The monoisotopic (exact) mass is 293 g/mol. The van der Waals surface area contributed by atoms with E-state index in [1.807, 2.05) is 24.3 Å². The van der Waals surface area contributed by atoms with Crippen LogP contribution in [-0.2, 0) is 13.0 Å². The second-order valence-corrected chi connectivity index (χ2v) is 5.67. The number of benzene rings is 2. The van der Waals surface area contributed by atoms with Crippen molar-refractivity contribution in [2.45, 2.75) is 19.9 Å². The standard InChI is InChI=1S/C18H19N3O/c1-2-21-11-10-14-13(12-21)6-5-8-15(14)19-18-20-16-7-3-4-9-17(16)22-18/h3-9H,2,10-12H2,1H3,(H,19,20). The van der Waals surface area contributed by atoms with Crippen molar-refractivity contribution in [1.82, 2.24) is 9.88 Å². The summed E-state index contributed by atoms with van der Waals surface area (Å²) in [4.78, 5) is 6.96. The highest BCUT2D eigenvalue weighted by molar-refractivity contribution is 5.75. The Kier molecular flexibility index (Phi) is 3.31. The predicted octanol–water partition coefficient (Wildman–Crippen LogP) is 3.95. The van der Waals surface area contributed by atoms with Gasteiger partial charge in [0.15, 0.2) is 5.58 Å². The smallest absolute Gasteiger partial charge is 0.300 e. The third-order valence-corrected chi connectivity index (χ3v) is 4.33. The Morgan fingerprint density at radius 2 is 2.09 bits per heavy atom. The molecule has 1 aliphatic rings. The fraction of sp³-hybridized carbons (Fsp3) is 0.278. The van der Waals surface area contributed by atoms with Crippen molar-refractivity contribution in [3.05, 3.63) is 53.6 Å². The number of para-hydroxylation sites is 2. The molecule has 0 saturated carbocycles. The molecule has 0 atom stereocenters. The van der Waals surface area contributed by atoms with E-state index in [1.54, 1.807) is 0 Å². The molecule has 1 N–H and O–H groups in total. The molecule has 0 amide bonds. The number of hydrogen-bond donors (Lipinski definition) is 1. The van der Waals surface area contributed by atoms with Crippen LogP contribution in [0.2, 0.25) is 0 Å². The first-order valence-electron chi connectivity index (χ1n) is 7.79. The minimum atomic E-state index is 0.563. The Hall–Kier alpha value is -2.33. The van der Waals surface area contributed by atoms with Gasteiger partial charge in [0.1, 0.15) is 5.52 Å². The Balaban J connectivity index is 1.66. The van der Waals surface area contributed by atoms with Gasteiger partial charge in [-0.3, -0.25) is 4.90 Å². The molecule has 1 aliphatic heterocycles. The topological polar surface area (TPSA) is 41.3 Å². The third-order valence-electron chi connectivity index (χ3n) is 4.33. The van der Waals surface area contributed by atoms with Crippen molar-refractivity contribution in [1.29, 1.82) is 0 Å². The van der Waals surface area contributed by atoms with Crippen LogP contribution in [0.3, 0.4) is 0 Å². The van der Waals surface area contributed by atoms with Crippen LogP contribution in [0.4, 0.5) is 11.7 Å². The van der Waals surface area contributed by atoms with Crippen molar-refractivity contribution in [3.8, 4) is 0 Å². The third kappa shape index (κ3) is 2.35. The quantitative estimate of drug-likeness (QED) is 0.794. The van der Waals surface area contributed by atoms with Crippen LogP contribution < -0.4 is 5.32 Å². The van der Waals surface area contributed by atoms with Crippen molar-refractivity contribution < 1.29 is 4.42 Å². The molecule has 0 aliphatic carbocycles. The van der Waals surface area contributed by atoms with Gasteiger partial charge in [0.2, 0.25) is 0 Å². The largest absolute Gasteiger partial charge is 0.423 e. The van der Waals surface area contributed by atoms with E-state index >= 15 is 0 Å².